The molecule has 0 saturated carbocycles. The molecule has 2 aromatic rings. The number of hydrogen-bond acceptors (Lipinski definition) is 6. The Morgan fingerprint density at radius 1 is 1.43 bits per heavy atom. The molecular formula is C13H14ClFN4O2. The van der Waals surface area contributed by atoms with Crippen LogP contribution < -0.4 is 15.4 Å². The van der Waals surface area contributed by atoms with Crippen molar-refractivity contribution in [2.24, 2.45) is 0 Å². The molecule has 0 aliphatic heterocycles. The third-order valence-electron chi connectivity index (χ3n) is 2.55. The van der Waals surface area contributed by atoms with Crippen molar-refractivity contribution in [1.82, 2.24) is 9.97 Å². The molecule has 0 fully saturated rings. The topological polar surface area (TPSA) is 79.3 Å². The van der Waals surface area contributed by atoms with Gasteiger partial charge in [0.2, 0.25) is 5.95 Å². The van der Waals surface area contributed by atoms with Gasteiger partial charge in [-0.1, -0.05) is 11.6 Å². The van der Waals surface area contributed by atoms with E-state index in [-0.39, 0.29) is 24.9 Å². The Hall–Kier alpha value is -2.12. The smallest absolute Gasteiger partial charge is 0.224 e. The normalized spacial score (nSPS) is 10.3. The molecule has 0 radical (unpaired) electrons. The van der Waals surface area contributed by atoms with E-state index >= 15 is 0 Å². The number of rotatable bonds is 6. The maximum Gasteiger partial charge on any atom is 0.224 e. The summed E-state index contributed by atoms with van der Waals surface area (Å²) < 4.78 is 18.7. The predicted molar refractivity (Wildman–Crippen MR) is 78.9 cm³/mol. The van der Waals surface area contributed by atoms with Crippen LogP contribution >= 0.6 is 11.6 Å². The van der Waals surface area contributed by atoms with Gasteiger partial charge in [0.1, 0.15) is 5.75 Å². The van der Waals surface area contributed by atoms with Crippen LogP contribution in [0.3, 0.4) is 0 Å². The van der Waals surface area contributed by atoms with Gasteiger partial charge in [0.15, 0.2) is 11.6 Å². The molecule has 0 aliphatic rings. The molecule has 21 heavy (non-hydrogen) atoms. The van der Waals surface area contributed by atoms with Gasteiger partial charge in [-0.05, 0) is 18.2 Å². The van der Waals surface area contributed by atoms with E-state index in [0.717, 1.165) is 6.20 Å². The second-order valence-electron chi connectivity index (χ2n) is 4.01. The van der Waals surface area contributed by atoms with E-state index in [1.54, 1.807) is 18.2 Å². The zero-order valence-electron chi connectivity index (χ0n) is 11.2. The SMILES string of the molecule is COc1ccc(Nc2nc(NCCO)ncc2F)cc1Cl. The van der Waals surface area contributed by atoms with Gasteiger partial charge in [0.25, 0.3) is 0 Å². The summed E-state index contributed by atoms with van der Waals surface area (Å²) in [7, 11) is 1.51. The van der Waals surface area contributed by atoms with Crippen LogP contribution in [-0.4, -0.2) is 35.3 Å². The molecular weight excluding hydrogens is 299 g/mol. The van der Waals surface area contributed by atoms with Gasteiger partial charge in [0, 0.05) is 12.2 Å². The minimum absolute atomic E-state index is 0.00618. The monoisotopic (exact) mass is 312 g/mol. The molecule has 0 spiro atoms. The van der Waals surface area contributed by atoms with E-state index in [1.165, 1.54) is 7.11 Å². The molecule has 1 heterocycles. The molecule has 1 aromatic heterocycles. The maximum absolute atomic E-state index is 13.7. The summed E-state index contributed by atoms with van der Waals surface area (Å²) in [5, 5.41) is 14.7. The average molecular weight is 313 g/mol. The largest absolute Gasteiger partial charge is 0.495 e. The first kappa shape index (κ1) is 15.3. The molecule has 0 unspecified atom stereocenters. The summed E-state index contributed by atoms with van der Waals surface area (Å²) in [6.45, 7) is 0.205. The highest BCUT2D eigenvalue weighted by molar-refractivity contribution is 6.32. The maximum atomic E-state index is 13.7. The van der Waals surface area contributed by atoms with Gasteiger partial charge < -0.3 is 20.5 Å². The first-order valence-corrected chi connectivity index (χ1v) is 6.49. The van der Waals surface area contributed by atoms with Crippen LogP contribution in [0.15, 0.2) is 24.4 Å². The Labute approximate surface area is 125 Å². The zero-order chi connectivity index (χ0) is 15.2. The Balaban J connectivity index is 2.20. The zero-order valence-corrected chi connectivity index (χ0v) is 12.0. The molecule has 8 heteroatoms. The Morgan fingerprint density at radius 2 is 2.24 bits per heavy atom. The number of nitrogens with one attached hydrogen (secondary N) is 2. The third kappa shape index (κ3) is 3.93. The van der Waals surface area contributed by atoms with Crippen molar-refractivity contribution < 1.29 is 14.2 Å². The van der Waals surface area contributed by atoms with Crippen molar-refractivity contribution in [3.05, 3.63) is 35.2 Å². The Morgan fingerprint density at radius 3 is 2.90 bits per heavy atom. The van der Waals surface area contributed by atoms with E-state index in [0.29, 0.717) is 16.5 Å². The van der Waals surface area contributed by atoms with Crippen molar-refractivity contribution >= 4 is 29.1 Å². The van der Waals surface area contributed by atoms with Crippen molar-refractivity contribution in [1.29, 1.82) is 0 Å². The fourth-order valence-corrected chi connectivity index (χ4v) is 1.85. The van der Waals surface area contributed by atoms with Crippen LogP contribution in [0, 0.1) is 5.82 Å². The highest BCUT2D eigenvalue weighted by Crippen LogP contribution is 2.29. The molecule has 0 saturated heterocycles. The van der Waals surface area contributed by atoms with E-state index in [1.807, 2.05) is 0 Å². The summed E-state index contributed by atoms with van der Waals surface area (Å²) in [6, 6.07) is 4.95. The number of methoxy groups -OCH3 is 1. The van der Waals surface area contributed by atoms with E-state index in [2.05, 4.69) is 20.6 Å². The lowest BCUT2D eigenvalue weighted by Gasteiger charge is -2.10. The lowest BCUT2D eigenvalue weighted by Crippen LogP contribution is -2.10. The fraction of sp³-hybridized carbons (Fsp3) is 0.231. The minimum atomic E-state index is -0.600. The van der Waals surface area contributed by atoms with Gasteiger partial charge in [-0.15, -0.1) is 0 Å². The molecule has 0 atom stereocenters. The number of aliphatic hydroxyl groups excluding tert-OH is 1. The van der Waals surface area contributed by atoms with Crippen LogP contribution in [0.4, 0.5) is 21.8 Å². The van der Waals surface area contributed by atoms with Crippen molar-refractivity contribution in [3.8, 4) is 5.75 Å². The van der Waals surface area contributed by atoms with Crippen LogP contribution in [0.2, 0.25) is 5.02 Å². The summed E-state index contributed by atoms with van der Waals surface area (Å²) in [6.07, 6.45) is 1.04. The van der Waals surface area contributed by atoms with Gasteiger partial charge in [0.05, 0.1) is 24.9 Å². The number of benzene rings is 1. The van der Waals surface area contributed by atoms with Crippen LogP contribution in [0.1, 0.15) is 0 Å². The van der Waals surface area contributed by atoms with Crippen LogP contribution in [0.5, 0.6) is 5.75 Å². The van der Waals surface area contributed by atoms with E-state index in [9.17, 15) is 4.39 Å². The molecule has 0 bridgehead atoms. The summed E-state index contributed by atoms with van der Waals surface area (Å²) in [4.78, 5) is 7.75. The number of aliphatic hydroxyl groups is 1. The third-order valence-corrected chi connectivity index (χ3v) is 2.85. The summed E-state index contributed by atoms with van der Waals surface area (Å²) in [5.41, 5.74) is 0.562. The minimum Gasteiger partial charge on any atom is -0.495 e. The molecule has 2 rings (SSSR count). The summed E-state index contributed by atoms with van der Waals surface area (Å²) >= 11 is 6.00. The first-order valence-electron chi connectivity index (χ1n) is 6.12. The van der Waals surface area contributed by atoms with Crippen LogP contribution in [-0.2, 0) is 0 Å². The van der Waals surface area contributed by atoms with Gasteiger partial charge in [-0.2, -0.15) is 4.98 Å². The highest BCUT2D eigenvalue weighted by atomic mass is 35.5. The molecule has 0 aliphatic carbocycles. The molecule has 3 N–H and O–H groups in total. The summed E-state index contributed by atoms with van der Waals surface area (Å²) in [5.74, 6) is 0.145. The second kappa shape index (κ2) is 7.05. The van der Waals surface area contributed by atoms with E-state index in [4.69, 9.17) is 21.4 Å². The Bertz CT molecular complexity index is 627. The van der Waals surface area contributed by atoms with Gasteiger partial charge in [-0.25, -0.2) is 9.37 Å². The number of aromatic nitrogens is 2. The lowest BCUT2D eigenvalue weighted by atomic mass is 10.3. The molecule has 6 nitrogen and oxygen atoms in total. The number of hydrogen-bond donors (Lipinski definition) is 3. The van der Waals surface area contributed by atoms with Gasteiger partial charge >= 0.3 is 0 Å². The fourth-order valence-electron chi connectivity index (χ4n) is 1.59. The molecule has 0 amide bonds. The van der Waals surface area contributed by atoms with Crippen LogP contribution in [0.25, 0.3) is 0 Å². The number of ether oxygens (including phenoxy) is 1. The number of halogens is 2. The average Bonchev–Trinajstić information content (AvgIpc) is 2.48. The molecule has 1 aromatic carbocycles. The quantitative estimate of drug-likeness (QED) is 0.760. The second-order valence-corrected chi connectivity index (χ2v) is 4.42. The highest BCUT2D eigenvalue weighted by Gasteiger charge is 2.08. The van der Waals surface area contributed by atoms with E-state index < -0.39 is 5.82 Å². The van der Waals surface area contributed by atoms with Crippen molar-refractivity contribution in [2.45, 2.75) is 0 Å². The van der Waals surface area contributed by atoms with Gasteiger partial charge in [-0.3, -0.25) is 0 Å². The van der Waals surface area contributed by atoms with Crippen molar-refractivity contribution in [3.63, 3.8) is 0 Å². The van der Waals surface area contributed by atoms with Crippen molar-refractivity contribution in [2.75, 3.05) is 30.9 Å². The number of nitrogens with zero attached hydrogens (tertiary/aromatic N) is 2. The molecule has 112 valence electrons. The predicted octanol–water partition coefficient (Wildman–Crippen LogP) is 2.43. The first-order chi connectivity index (χ1) is 10.1. The Kier molecular flexibility index (Phi) is 5.13. The standard InChI is InChI=1S/C13H14ClFN4O2/c1-21-11-3-2-8(6-9(11)14)18-12-10(15)7-17-13(19-12)16-4-5-20/h2-3,6-7,20H,4-5H2,1H3,(H2,16,17,18,19). The lowest BCUT2D eigenvalue weighted by molar-refractivity contribution is 0.311. The number of anilines is 3.